The third kappa shape index (κ3) is 4.72. The van der Waals surface area contributed by atoms with E-state index in [1.165, 1.54) is 0 Å². The summed E-state index contributed by atoms with van der Waals surface area (Å²) in [5.74, 6) is -0.763. The van der Waals surface area contributed by atoms with Crippen LogP contribution in [0.25, 0.3) is 0 Å². The number of nitrogens with one attached hydrogen (secondary N) is 2. The minimum atomic E-state index is -4.64. The van der Waals surface area contributed by atoms with Crippen molar-refractivity contribution in [3.05, 3.63) is 17.5 Å². The molecule has 0 saturated heterocycles. The molecule has 1 aromatic rings. The summed E-state index contributed by atoms with van der Waals surface area (Å²) in [5.41, 5.74) is -2.33. The molecule has 0 bridgehead atoms. The van der Waals surface area contributed by atoms with Crippen molar-refractivity contribution in [2.75, 3.05) is 19.6 Å². The van der Waals surface area contributed by atoms with Gasteiger partial charge in [0, 0.05) is 13.1 Å². The van der Waals surface area contributed by atoms with Crippen molar-refractivity contribution in [1.82, 2.24) is 20.4 Å². The molecular formula is C14H23F3N4O. The summed E-state index contributed by atoms with van der Waals surface area (Å²) in [5, 5.41) is 9.29. The lowest BCUT2D eigenvalue weighted by Crippen LogP contribution is -2.34. The van der Waals surface area contributed by atoms with Gasteiger partial charge in [-0.2, -0.15) is 18.3 Å². The second kappa shape index (κ2) is 7.13. The lowest BCUT2D eigenvalue weighted by molar-refractivity contribution is -0.146. The highest BCUT2D eigenvalue weighted by Gasteiger charge is 2.42. The van der Waals surface area contributed by atoms with Gasteiger partial charge in [-0.15, -0.1) is 0 Å². The summed E-state index contributed by atoms with van der Waals surface area (Å²) in [6, 6.07) is 0. The molecule has 0 atom stereocenters. The second-order valence-electron chi connectivity index (χ2n) is 5.99. The van der Waals surface area contributed by atoms with Gasteiger partial charge in [0.2, 0.25) is 0 Å². The molecule has 0 aliphatic heterocycles. The van der Waals surface area contributed by atoms with E-state index in [1.807, 2.05) is 6.92 Å². The van der Waals surface area contributed by atoms with Crippen molar-refractivity contribution in [1.29, 1.82) is 0 Å². The van der Waals surface area contributed by atoms with Gasteiger partial charge in [0.1, 0.15) is 0 Å². The summed E-state index contributed by atoms with van der Waals surface area (Å²) in [6.45, 7) is 8.38. The van der Waals surface area contributed by atoms with Crippen molar-refractivity contribution in [2.24, 2.45) is 0 Å². The first-order valence-electron chi connectivity index (χ1n) is 7.23. The van der Waals surface area contributed by atoms with Crippen LogP contribution in [0.1, 0.15) is 50.2 Å². The predicted octanol–water partition coefficient (Wildman–Crippen LogP) is 2.39. The van der Waals surface area contributed by atoms with E-state index < -0.39 is 28.9 Å². The summed E-state index contributed by atoms with van der Waals surface area (Å²) < 4.78 is 40.6. The summed E-state index contributed by atoms with van der Waals surface area (Å²) in [6.07, 6.45) is -2.72. The normalized spacial score (nSPS) is 12.5. The molecule has 8 heteroatoms. The molecule has 0 fully saturated rings. The molecule has 1 aromatic heterocycles. The Labute approximate surface area is 128 Å². The highest BCUT2D eigenvalue weighted by molar-refractivity contribution is 5.95. The molecule has 126 valence electrons. The number of alkyl halides is 3. The molecule has 22 heavy (non-hydrogen) atoms. The van der Waals surface area contributed by atoms with Crippen LogP contribution in [0.5, 0.6) is 0 Å². The average Bonchev–Trinajstić information content (AvgIpc) is 2.82. The van der Waals surface area contributed by atoms with Crippen LogP contribution in [0, 0.1) is 0 Å². The van der Waals surface area contributed by atoms with E-state index in [1.54, 1.807) is 20.8 Å². The average molecular weight is 320 g/mol. The van der Waals surface area contributed by atoms with Gasteiger partial charge in [0.15, 0.2) is 5.69 Å². The van der Waals surface area contributed by atoms with Crippen molar-refractivity contribution in [3.63, 3.8) is 0 Å². The van der Waals surface area contributed by atoms with E-state index in [0.717, 1.165) is 23.8 Å². The Bertz CT molecular complexity index is 503. The maximum absolute atomic E-state index is 13.3. The molecule has 0 spiro atoms. The van der Waals surface area contributed by atoms with Gasteiger partial charge >= 0.3 is 6.18 Å². The minimum absolute atomic E-state index is 0.261. The molecule has 1 amide bonds. The fourth-order valence-electron chi connectivity index (χ4n) is 1.96. The Morgan fingerprint density at radius 1 is 1.23 bits per heavy atom. The highest BCUT2D eigenvalue weighted by atomic mass is 19.4. The van der Waals surface area contributed by atoms with Gasteiger partial charge in [0.05, 0.1) is 17.3 Å². The number of carbonyl (C=O) groups is 1. The monoisotopic (exact) mass is 320 g/mol. The summed E-state index contributed by atoms with van der Waals surface area (Å²) in [4.78, 5) is 12.0. The number of amides is 1. The summed E-state index contributed by atoms with van der Waals surface area (Å²) in [7, 11) is 0. The van der Waals surface area contributed by atoms with E-state index in [2.05, 4.69) is 15.7 Å². The number of rotatable bonds is 6. The Kier molecular flexibility index (Phi) is 5.99. The van der Waals surface area contributed by atoms with Crippen LogP contribution in [-0.4, -0.2) is 35.3 Å². The minimum Gasteiger partial charge on any atom is -0.351 e. The van der Waals surface area contributed by atoms with Crippen LogP contribution in [0.4, 0.5) is 13.2 Å². The lowest BCUT2D eigenvalue weighted by atomic mass is 10.1. The van der Waals surface area contributed by atoms with Crippen LogP contribution >= 0.6 is 0 Å². The Balaban J connectivity index is 2.91. The zero-order valence-electron chi connectivity index (χ0n) is 13.3. The Morgan fingerprint density at radius 3 is 2.36 bits per heavy atom. The number of hydrogen-bond acceptors (Lipinski definition) is 3. The molecule has 1 heterocycles. The second-order valence-corrected chi connectivity index (χ2v) is 5.99. The smallest absolute Gasteiger partial charge is 0.351 e. The number of halogens is 3. The van der Waals surface area contributed by atoms with Gasteiger partial charge in [-0.05, 0) is 33.7 Å². The molecule has 5 nitrogen and oxygen atoms in total. The third-order valence-corrected chi connectivity index (χ3v) is 2.93. The molecule has 2 N–H and O–H groups in total. The van der Waals surface area contributed by atoms with Crippen LogP contribution in [-0.2, 0) is 11.7 Å². The molecule has 1 rings (SSSR count). The number of nitrogens with zero attached hydrogens (tertiary/aromatic N) is 2. The fourth-order valence-corrected chi connectivity index (χ4v) is 1.96. The van der Waals surface area contributed by atoms with Gasteiger partial charge in [0.25, 0.3) is 5.91 Å². The lowest BCUT2D eigenvalue weighted by Gasteiger charge is -2.23. The van der Waals surface area contributed by atoms with Crippen molar-refractivity contribution >= 4 is 5.91 Å². The van der Waals surface area contributed by atoms with Crippen LogP contribution < -0.4 is 10.6 Å². The van der Waals surface area contributed by atoms with E-state index in [9.17, 15) is 18.0 Å². The standard InChI is InChI=1S/C14H23F3N4O/c1-5-6-18-7-8-19-12(22)10-9-20-21(13(2,3)4)11(10)14(15,16)17/h9,18H,5-8H2,1-4H3,(H,19,22). The van der Waals surface area contributed by atoms with Crippen molar-refractivity contribution in [2.45, 2.75) is 45.8 Å². The fraction of sp³-hybridized carbons (Fsp3) is 0.714. The summed E-state index contributed by atoms with van der Waals surface area (Å²) >= 11 is 0. The molecule has 0 aliphatic rings. The van der Waals surface area contributed by atoms with E-state index in [0.29, 0.717) is 6.54 Å². The van der Waals surface area contributed by atoms with Crippen LogP contribution in [0.3, 0.4) is 0 Å². The van der Waals surface area contributed by atoms with E-state index in [4.69, 9.17) is 0 Å². The first kappa shape index (κ1) is 18.5. The van der Waals surface area contributed by atoms with E-state index in [-0.39, 0.29) is 6.54 Å². The van der Waals surface area contributed by atoms with Gasteiger partial charge in [-0.3, -0.25) is 9.48 Å². The molecule has 0 radical (unpaired) electrons. The van der Waals surface area contributed by atoms with Gasteiger partial charge < -0.3 is 10.6 Å². The van der Waals surface area contributed by atoms with Gasteiger partial charge in [-0.25, -0.2) is 0 Å². The maximum Gasteiger partial charge on any atom is 0.433 e. The van der Waals surface area contributed by atoms with Crippen LogP contribution in [0.2, 0.25) is 0 Å². The number of carbonyl (C=O) groups excluding carboxylic acids is 1. The van der Waals surface area contributed by atoms with Gasteiger partial charge in [-0.1, -0.05) is 6.92 Å². The number of aromatic nitrogens is 2. The first-order valence-corrected chi connectivity index (χ1v) is 7.23. The topological polar surface area (TPSA) is 58.9 Å². The largest absolute Gasteiger partial charge is 0.433 e. The Hall–Kier alpha value is -1.57. The predicted molar refractivity (Wildman–Crippen MR) is 77.7 cm³/mol. The molecule has 0 saturated carbocycles. The Morgan fingerprint density at radius 2 is 1.86 bits per heavy atom. The molecule has 0 aromatic carbocycles. The highest BCUT2D eigenvalue weighted by Crippen LogP contribution is 2.34. The molecule has 0 aliphatic carbocycles. The van der Waals surface area contributed by atoms with Crippen molar-refractivity contribution < 1.29 is 18.0 Å². The molecule has 0 unspecified atom stereocenters. The molecular weight excluding hydrogens is 297 g/mol. The zero-order valence-corrected chi connectivity index (χ0v) is 13.3. The first-order chi connectivity index (χ1) is 10.1. The third-order valence-electron chi connectivity index (χ3n) is 2.93. The van der Waals surface area contributed by atoms with Crippen molar-refractivity contribution in [3.8, 4) is 0 Å². The van der Waals surface area contributed by atoms with Crippen LogP contribution in [0.15, 0.2) is 6.20 Å². The quantitative estimate of drug-likeness (QED) is 0.791. The SMILES string of the molecule is CCCNCCNC(=O)c1cnn(C(C)(C)C)c1C(F)(F)F. The zero-order chi connectivity index (χ0) is 17.0. The maximum atomic E-state index is 13.3. The number of hydrogen-bond donors (Lipinski definition) is 2. The van der Waals surface area contributed by atoms with E-state index >= 15 is 0 Å².